The summed E-state index contributed by atoms with van der Waals surface area (Å²) in [7, 11) is 1.90. The number of piperidine rings is 1. The molecule has 0 unspecified atom stereocenters. The van der Waals surface area contributed by atoms with Crippen LogP contribution in [0.25, 0.3) is 5.69 Å². The SMILES string of the molecule is C[C@@H]1C[C@@H](c2cn(-c3cnn(C)c3)nn2)CCN1. The van der Waals surface area contributed by atoms with E-state index in [0.717, 1.165) is 30.8 Å². The molecule has 2 aromatic heterocycles. The van der Waals surface area contributed by atoms with Gasteiger partial charge in [0.1, 0.15) is 5.69 Å². The van der Waals surface area contributed by atoms with Crippen LogP contribution in [-0.4, -0.2) is 37.4 Å². The van der Waals surface area contributed by atoms with Crippen LogP contribution in [-0.2, 0) is 7.05 Å². The Morgan fingerprint density at radius 3 is 3.00 bits per heavy atom. The maximum absolute atomic E-state index is 4.31. The lowest BCUT2D eigenvalue weighted by Gasteiger charge is -2.26. The van der Waals surface area contributed by atoms with Crippen molar-refractivity contribution in [2.24, 2.45) is 7.05 Å². The summed E-state index contributed by atoms with van der Waals surface area (Å²) in [6.45, 7) is 3.28. The summed E-state index contributed by atoms with van der Waals surface area (Å²) in [6.07, 6.45) is 8.02. The lowest BCUT2D eigenvalue weighted by molar-refractivity contribution is 0.376. The third-order valence-corrected chi connectivity index (χ3v) is 3.51. The number of rotatable bonds is 2. The zero-order valence-electron chi connectivity index (χ0n) is 10.7. The normalized spacial score (nSPS) is 24.3. The number of nitrogens with one attached hydrogen (secondary N) is 1. The molecule has 96 valence electrons. The van der Waals surface area contributed by atoms with E-state index in [1.807, 2.05) is 19.4 Å². The van der Waals surface area contributed by atoms with Gasteiger partial charge in [0.05, 0.1) is 24.3 Å². The summed E-state index contributed by atoms with van der Waals surface area (Å²) in [5.74, 6) is 0.520. The summed E-state index contributed by atoms with van der Waals surface area (Å²) in [5.41, 5.74) is 2.05. The van der Waals surface area contributed by atoms with Crippen LogP contribution in [0, 0.1) is 0 Å². The molecule has 0 saturated carbocycles. The highest BCUT2D eigenvalue weighted by Gasteiger charge is 2.22. The van der Waals surface area contributed by atoms with Crippen molar-refractivity contribution in [3.05, 3.63) is 24.3 Å². The van der Waals surface area contributed by atoms with Gasteiger partial charge in [-0.05, 0) is 26.3 Å². The molecule has 1 N–H and O–H groups in total. The standard InChI is InChI=1S/C12H18N6/c1-9-5-10(3-4-13-9)12-8-18(16-15-12)11-6-14-17(2)7-11/h6-10,13H,3-5H2,1-2H3/t9-,10+/m1/s1. The predicted octanol–water partition coefficient (Wildman–Crippen LogP) is 0.856. The van der Waals surface area contributed by atoms with Crippen LogP contribution < -0.4 is 5.32 Å². The van der Waals surface area contributed by atoms with Crippen LogP contribution >= 0.6 is 0 Å². The van der Waals surface area contributed by atoms with E-state index in [1.165, 1.54) is 0 Å². The highest BCUT2D eigenvalue weighted by Crippen LogP contribution is 2.26. The quantitative estimate of drug-likeness (QED) is 0.853. The Hall–Kier alpha value is -1.69. The van der Waals surface area contributed by atoms with Crippen molar-refractivity contribution in [3.8, 4) is 5.69 Å². The minimum absolute atomic E-state index is 0.520. The molecular formula is C12H18N6. The molecule has 6 nitrogen and oxygen atoms in total. The van der Waals surface area contributed by atoms with E-state index in [-0.39, 0.29) is 0 Å². The van der Waals surface area contributed by atoms with Crippen LogP contribution in [0.3, 0.4) is 0 Å². The van der Waals surface area contributed by atoms with E-state index in [9.17, 15) is 0 Å². The molecule has 0 aliphatic carbocycles. The maximum Gasteiger partial charge on any atom is 0.104 e. The number of aromatic nitrogens is 5. The van der Waals surface area contributed by atoms with Gasteiger partial charge in [0.25, 0.3) is 0 Å². The van der Waals surface area contributed by atoms with Gasteiger partial charge in [-0.25, -0.2) is 4.68 Å². The zero-order valence-corrected chi connectivity index (χ0v) is 10.7. The fraction of sp³-hybridized carbons (Fsp3) is 0.583. The second kappa shape index (κ2) is 4.53. The largest absolute Gasteiger partial charge is 0.314 e. The Labute approximate surface area is 106 Å². The Bertz CT molecular complexity index is 528. The van der Waals surface area contributed by atoms with Crippen LogP contribution in [0.1, 0.15) is 31.4 Å². The first-order chi connectivity index (χ1) is 8.72. The van der Waals surface area contributed by atoms with E-state index in [0.29, 0.717) is 12.0 Å². The van der Waals surface area contributed by atoms with Gasteiger partial charge in [-0.2, -0.15) is 5.10 Å². The Morgan fingerprint density at radius 2 is 2.28 bits per heavy atom. The van der Waals surface area contributed by atoms with Crippen molar-refractivity contribution in [2.45, 2.75) is 31.7 Å². The van der Waals surface area contributed by atoms with Crippen molar-refractivity contribution in [2.75, 3.05) is 6.54 Å². The lowest BCUT2D eigenvalue weighted by Crippen LogP contribution is -2.34. The summed E-state index contributed by atoms with van der Waals surface area (Å²) in [5, 5.41) is 16.1. The summed E-state index contributed by atoms with van der Waals surface area (Å²) < 4.78 is 3.57. The smallest absolute Gasteiger partial charge is 0.104 e. The Morgan fingerprint density at radius 1 is 1.39 bits per heavy atom. The molecule has 3 heterocycles. The third-order valence-electron chi connectivity index (χ3n) is 3.51. The van der Waals surface area contributed by atoms with Crippen molar-refractivity contribution in [1.82, 2.24) is 30.1 Å². The fourth-order valence-electron chi connectivity index (χ4n) is 2.52. The monoisotopic (exact) mass is 246 g/mol. The van der Waals surface area contributed by atoms with Crippen molar-refractivity contribution in [3.63, 3.8) is 0 Å². The molecule has 1 aliphatic rings. The van der Waals surface area contributed by atoms with E-state index < -0.39 is 0 Å². The first-order valence-electron chi connectivity index (χ1n) is 6.37. The van der Waals surface area contributed by atoms with Gasteiger partial charge in [0, 0.05) is 19.0 Å². The molecule has 1 fully saturated rings. The van der Waals surface area contributed by atoms with Crippen LogP contribution in [0.4, 0.5) is 0 Å². The van der Waals surface area contributed by atoms with Crippen LogP contribution in [0.2, 0.25) is 0 Å². The Balaban J connectivity index is 1.80. The minimum atomic E-state index is 0.520. The first kappa shape index (κ1) is 11.4. The second-order valence-electron chi connectivity index (χ2n) is 5.04. The summed E-state index contributed by atoms with van der Waals surface area (Å²) in [4.78, 5) is 0. The van der Waals surface area contributed by atoms with Gasteiger partial charge < -0.3 is 5.32 Å². The van der Waals surface area contributed by atoms with E-state index in [2.05, 4.69) is 27.7 Å². The van der Waals surface area contributed by atoms with Gasteiger partial charge in [0.2, 0.25) is 0 Å². The Kier molecular flexibility index (Phi) is 2.87. The van der Waals surface area contributed by atoms with Gasteiger partial charge in [-0.3, -0.25) is 4.68 Å². The second-order valence-corrected chi connectivity index (χ2v) is 5.04. The number of hydrogen-bond acceptors (Lipinski definition) is 4. The van der Waals surface area contributed by atoms with E-state index in [4.69, 9.17) is 0 Å². The molecule has 18 heavy (non-hydrogen) atoms. The highest BCUT2D eigenvalue weighted by molar-refractivity contribution is 5.24. The zero-order chi connectivity index (χ0) is 12.5. The molecule has 0 bridgehead atoms. The van der Waals surface area contributed by atoms with E-state index in [1.54, 1.807) is 15.6 Å². The minimum Gasteiger partial charge on any atom is -0.314 e. The molecule has 1 aliphatic heterocycles. The summed E-state index contributed by atoms with van der Waals surface area (Å²) >= 11 is 0. The molecule has 2 atom stereocenters. The first-order valence-corrected chi connectivity index (χ1v) is 6.37. The molecule has 3 rings (SSSR count). The molecule has 0 radical (unpaired) electrons. The average molecular weight is 246 g/mol. The van der Waals surface area contributed by atoms with Crippen molar-refractivity contribution >= 4 is 0 Å². The van der Waals surface area contributed by atoms with Gasteiger partial charge >= 0.3 is 0 Å². The van der Waals surface area contributed by atoms with Crippen LogP contribution in [0.5, 0.6) is 0 Å². The predicted molar refractivity (Wildman–Crippen MR) is 67.6 cm³/mol. The van der Waals surface area contributed by atoms with Crippen molar-refractivity contribution < 1.29 is 0 Å². The molecular weight excluding hydrogens is 228 g/mol. The molecule has 0 amide bonds. The maximum atomic E-state index is 4.31. The number of nitrogens with zero attached hydrogens (tertiary/aromatic N) is 5. The molecule has 0 aromatic carbocycles. The molecule has 1 saturated heterocycles. The van der Waals surface area contributed by atoms with Gasteiger partial charge in [0.15, 0.2) is 0 Å². The lowest BCUT2D eigenvalue weighted by atomic mass is 9.91. The van der Waals surface area contributed by atoms with Gasteiger partial charge in [-0.1, -0.05) is 5.21 Å². The van der Waals surface area contributed by atoms with Gasteiger partial charge in [-0.15, -0.1) is 5.10 Å². The highest BCUT2D eigenvalue weighted by atomic mass is 15.4. The summed E-state index contributed by atoms with van der Waals surface area (Å²) in [6, 6.07) is 0.562. The molecule has 2 aromatic rings. The third kappa shape index (κ3) is 2.15. The average Bonchev–Trinajstić information content (AvgIpc) is 2.97. The fourth-order valence-corrected chi connectivity index (χ4v) is 2.52. The topological polar surface area (TPSA) is 60.6 Å². The molecule has 6 heteroatoms. The van der Waals surface area contributed by atoms with Crippen molar-refractivity contribution in [1.29, 1.82) is 0 Å². The number of aryl methyl sites for hydroxylation is 1. The molecule has 0 spiro atoms. The van der Waals surface area contributed by atoms with E-state index >= 15 is 0 Å². The number of hydrogen-bond donors (Lipinski definition) is 1. The van der Waals surface area contributed by atoms with Crippen LogP contribution in [0.15, 0.2) is 18.6 Å².